The summed E-state index contributed by atoms with van der Waals surface area (Å²) in [6.07, 6.45) is -0.00704. The molecule has 5 aromatic rings. The van der Waals surface area contributed by atoms with Gasteiger partial charge >= 0.3 is 0 Å². The molecule has 2 heterocycles. The van der Waals surface area contributed by atoms with E-state index in [0.717, 1.165) is 5.56 Å². The number of pyridine rings is 1. The van der Waals surface area contributed by atoms with Crippen molar-refractivity contribution >= 4 is 40.4 Å². The third-order valence-corrected chi connectivity index (χ3v) is 11.8. The quantitative estimate of drug-likeness (QED) is 0.0694. The van der Waals surface area contributed by atoms with E-state index in [9.17, 15) is 29.2 Å². The normalized spacial score (nSPS) is 16.4. The van der Waals surface area contributed by atoms with Crippen LogP contribution in [0.5, 0.6) is 23.0 Å². The van der Waals surface area contributed by atoms with Gasteiger partial charge in [-0.1, -0.05) is 45.0 Å². The van der Waals surface area contributed by atoms with Crippen LogP contribution in [-0.4, -0.2) is 104 Å². The van der Waals surface area contributed by atoms with Crippen molar-refractivity contribution in [1.82, 2.24) is 31.2 Å². The fourth-order valence-corrected chi connectivity index (χ4v) is 8.07. The largest absolute Gasteiger partial charge is 0.492 e. The molecule has 1 aliphatic rings. The predicted octanol–water partition coefficient (Wildman–Crippen LogP) is 3.81. The molecule has 1 unspecified atom stereocenters. The molecule has 70 heavy (non-hydrogen) atoms. The van der Waals surface area contributed by atoms with Crippen LogP contribution in [0, 0.1) is 18.3 Å². The number of ether oxygens (including phenoxy) is 3. The van der Waals surface area contributed by atoms with Gasteiger partial charge in [-0.05, 0) is 110 Å². The molecule has 0 radical (unpaired) electrons. The number of carbonyl (C=O) groups is 5. The van der Waals surface area contributed by atoms with Crippen molar-refractivity contribution in [3.8, 4) is 40.2 Å². The highest BCUT2D eigenvalue weighted by atomic mass is 16.5. The van der Waals surface area contributed by atoms with Gasteiger partial charge in [0, 0.05) is 43.1 Å². The average molecular weight is 955 g/mol. The van der Waals surface area contributed by atoms with Crippen LogP contribution in [0.1, 0.15) is 72.9 Å². The summed E-state index contributed by atoms with van der Waals surface area (Å²) in [5, 5.41) is 20.6. The molecular weight excluding hydrogens is 893 g/mol. The van der Waals surface area contributed by atoms with Crippen molar-refractivity contribution in [3.05, 3.63) is 113 Å². The Morgan fingerprint density at radius 1 is 0.857 bits per heavy atom. The molecule has 0 spiro atoms. The first-order valence-electron chi connectivity index (χ1n) is 23.1. The summed E-state index contributed by atoms with van der Waals surface area (Å²) >= 11 is 0. The molecule has 4 atom stereocenters. The number of rotatable bonds is 16. The third-order valence-electron chi connectivity index (χ3n) is 11.8. The van der Waals surface area contributed by atoms with E-state index in [0.29, 0.717) is 61.8 Å². The second-order valence-electron chi connectivity index (χ2n) is 18.0. The first kappa shape index (κ1) is 51.8. The molecule has 18 nitrogen and oxygen atoms in total. The lowest BCUT2D eigenvalue weighted by molar-refractivity contribution is -0.141. The lowest BCUT2D eigenvalue weighted by Crippen LogP contribution is -2.56. The standard InChI is InChI=1S/C52H62N10O8/c1-30-38(29-34-27-37(13-14-41(34)58-30)70-36-11-9-35(10-12-36)52(3,4)5)48(64)60-42(17-18-53)51(67)62(6)46-33-8-16-45(69-24-21-56)40(28-33)39-25-32(7-15-44(39)68-23-20-55)26-43(49(65)57-22-19-54)61-47(63)31(2)59-50(46)66/h7-16,25,27-29,31,42-43,46H,17-18,20-24,26,53,55-56H2,1-6H3,(H,57,65)(H,59,66)(H,60,64)(H,61,63)/t31-,42?,43-,46-/m0/s1. The Balaban J connectivity index is 1.37. The number of nitrogens with two attached hydrogens (primary N) is 3. The van der Waals surface area contributed by atoms with Crippen molar-refractivity contribution in [1.29, 1.82) is 5.26 Å². The smallest absolute Gasteiger partial charge is 0.253 e. The predicted molar refractivity (Wildman–Crippen MR) is 265 cm³/mol. The Morgan fingerprint density at radius 3 is 2.16 bits per heavy atom. The molecule has 5 amide bonds. The van der Waals surface area contributed by atoms with Gasteiger partial charge in [0.2, 0.25) is 23.6 Å². The van der Waals surface area contributed by atoms with Gasteiger partial charge in [-0.3, -0.25) is 29.0 Å². The summed E-state index contributed by atoms with van der Waals surface area (Å²) in [6.45, 7) is 9.89. The number of amides is 5. The second kappa shape index (κ2) is 23.1. The average Bonchev–Trinajstić information content (AvgIpc) is 3.33. The first-order chi connectivity index (χ1) is 33.4. The summed E-state index contributed by atoms with van der Waals surface area (Å²) in [6, 6.07) is 21.9. The molecule has 0 saturated carbocycles. The Bertz CT molecular complexity index is 2770. The molecule has 4 aromatic carbocycles. The topological polar surface area (TPSA) is 279 Å². The van der Waals surface area contributed by atoms with Crippen molar-refractivity contribution in [2.75, 3.05) is 46.4 Å². The number of carbonyl (C=O) groups excluding carboxylic acids is 5. The van der Waals surface area contributed by atoms with Crippen molar-refractivity contribution < 1.29 is 38.2 Å². The summed E-state index contributed by atoms with van der Waals surface area (Å²) < 4.78 is 18.4. The summed E-state index contributed by atoms with van der Waals surface area (Å²) in [4.78, 5) is 76.7. The Kier molecular flexibility index (Phi) is 17.1. The molecule has 18 heteroatoms. The molecule has 0 aliphatic carbocycles. The van der Waals surface area contributed by atoms with Gasteiger partial charge in [-0.2, -0.15) is 5.26 Å². The van der Waals surface area contributed by atoms with Crippen LogP contribution in [0.4, 0.5) is 0 Å². The Hall–Kier alpha value is -7.59. The van der Waals surface area contributed by atoms with Gasteiger partial charge in [0.05, 0.1) is 22.8 Å². The number of aromatic nitrogens is 1. The SMILES string of the molecule is Cc1nc2ccc(Oc3ccc(C(C)(C)C)cc3)cc2cc1C(=O)NC(CCN)C(=O)N(C)[C@@H]1C(=O)N[C@@H](C)C(=O)N[C@H](C(=O)NCC#N)Cc2ccc(OCCN)c(c2)-c2cc1ccc2OCCN. The Labute approximate surface area is 407 Å². The second-order valence-corrected chi connectivity index (χ2v) is 18.0. The maximum Gasteiger partial charge on any atom is 0.253 e. The van der Waals surface area contributed by atoms with E-state index in [1.54, 1.807) is 67.6 Å². The highest BCUT2D eigenvalue weighted by Gasteiger charge is 2.36. The van der Waals surface area contributed by atoms with Crippen LogP contribution in [0.2, 0.25) is 0 Å². The zero-order chi connectivity index (χ0) is 50.7. The molecule has 0 saturated heterocycles. The molecule has 368 valence electrons. The van der Waals surface area contributed by atoms with E-state index < -0.39 is 53.7 Å². The van der Waals surface area contributed by atoms with Crippen LogP contribution < -0.4 is 52.7 Å². The molecular formula is C52H62N10O8. The molecule has 0 fully saturated rings. The summed E-state index contributed by atoms with van der Waals surface area (Å²) in [5.74, 6) is -1.40. The van der Waals surface area contributed by atoms with Crippen molar-refractivity contribution in [2.24, 2.45) is 17.2 Å². The van der Waals surface area contributed by atoms with E-state index >= 15 is 0 Å². The maximum atomic E-state index is 14.8. The van der Waals surface area contributed by atoms with E-state index in [1.165, 1.54) is 18.9 Å². The van der Waals surface area contributed by atoms with Crippen LogP contribution >= 0.6 is 0 Å². The number of nitrogens with zero attached hydrogens (tertiary/aromatic N) is 3. The monoisotopic (exact) mass is 954 g/mol. The van der Waals surface area contributed by atoms with E-state index in [4.69, 9.17) is 31.4 Å². The minimum atomic E-state index is -1.41. The lowest BCUT2D eigenvalue weighted by Gasteiger charge is -2.32. The number of benzene rings is 4. The molecule has 4 bridgehead atoms. The van der Waals surface area contributed by atoms with Crippen LogP contribution in [0.3, 0.4) is 0 Å². The molecule has 6 rings (SSSR count). The van der Waals surface area contributed by atoms with Crippen LogP contribution in [-0.2, 0) is 31.0 Å². The lowest BCUT2D eigenvalue weighted by atomic mass is 9.87. The van der Waals surface area contributed by atoms with Gasteiger partial charge in [0.15, 0.2) is 0 Å². The van der Waals surface area contributed by atoms with E-state index in [1.807, 2.05) is 30.3 Å². The van der Waals surface area contributed by atoms with Crippen molar-refractivity contribution in [3.63, 3.8) is 0 Å². The molecule has 1 aromatic heterocycles. The summed E-state index contributed by atoms with van der Waals surface area (Å²) in [7, 11) is 1.42. The van der Waals surface area contributed by atoms with E-state index in [-0.39, 0.29) is 63.2 Å². The fraction of sp³-hybridized carbons (Fsp3) is 0.365. The molecule has 10 N–H and O–H groups in total. The minimum Gasteiger partial charge on any atom is -0.492 e. The first-order valence-corrected chi connectivity index (χ1v) is 23.1. The third kappa shape index (κ3) is 12.5. The van der Waals surface area contributed by atoms with Gasteiger partial charge in [0.25, 0.3) is 5.91 Å². The fourth-order valence-electron chi connectivity index (χ4n) is 8.07. The Morgan fingerprint density at radius 2 is 1.51 bits per heavy atom. The van der Waals surface area contributed by atoms with Gasteiger partial charge in [-0.25, -0.2) is 0 Å². The zero-order valence-electron chi connectivity index (χ0n) is 40.4. The minimum absolute atomic E-state index is 0.00219. The van der Waals surface area contributed by atoms with Gasteiger partial charge in [0.1, 0.15) is 66.9 Å². The number of nitrogens with one attached hydrogen (secondary N) is 4. The number of fused-ring (bicyclic) bond motifs is 6. The van der Waals surface area contributed by atoms with E-state index in [2.05, 4.69) is 47.0 Å². The number of nitriles is 1. The zero-order valence-corrected chi connectivity index (χ0v) is 40.4. The number of hydrogen-bond acceptors (Lipinski definition) is 13. The van der Waals surface area contributed by atoms with Crippen molar-refractivity contribution in [2.45, 2.75) is 77.0 Å². The number of aryl methyl sites for hydroxylation is 1. The maximum absolute atomic E-state index is 14.8. The molecule has 1 aliphatic heterocycles. The number of likely N-dealkylation sites (N-methyl/N-ethyl adjacent to an activating group) is 1. The van der Waals surface area contributed by atoms with Gasteiger partial charge < -0.3 is 57.6 Å². The highest BCUT2D eigenvalue weighted by molar-refractivity contribution is 6.02. The van der Waals surface area contributed by atoms with Gasteiger partial charge in [-0.15, -0.1) is 0 Å². The number of hydrogen-bond donors (Lipinski definition) is 7. The van der Waals surface area contributed by atoms with Crippen LogP contribution in [0.15, 0.2) is 84.9 Å². The summed E-state index contributed by atoms with van der Waals surface area (Å²) in [5.41, 5.74) is 22.0. The highest BCUT2D eigenvalue weighted by Crippen LogP contribution is 2.40. The van der Waals surface area contributed by atoms with Crippen LogP contribution in [0.25, 0.3) is 22.0 Å².